The third kappa shape index (κ3) is 10.1. The molecule has 0 fully saturated rings. The van der Waals surface area contributed by atoms with Gasteiger partial charge in [0, 0.05) is 12.5 Å². The fourth-order valence-corrected chi connectivity index (χ4v) is 3.35. The molecule has 1 N–H and O–H groups in total. The van der Waals surface area contributed by atoms with Crippen molar-refractivity contribution in [1.82, 2.24) is 0 Å². The predicted octanol–water partition coefficient (Wildman–Crippen LogP) is 6.05. The molecule has 3 heteroatoms. The first-order valence-corrected chi connectivity index (χ1v) is 10.2. The molecule has 0 spiro atoms. The number of rotatable bonds is 15. The van der Waals surface area contributed by atoms with Crippen molar-refractivity contribution >= 4 is 5.97 Å². The van der Waals surface area contributed by atoms with Crippen LogP contribution in [0.2, 0.25) is 0 Å². The van der Waals surface area contributed by atoms with Crippen LogP contribution >= 0.6 is 0 Å². The Morgan fingerprint density at radius 3 is 1.62 bits per heavy atom. The van der Waals surface area contributed by atoms with E-state index in [1.165, 1.54) is 84.0 Å². The first-order valence-electron chi connectivity index (χ1n) is 10.2. The van der Waals surface area contributed by atoms with Crippen LogP contribution in [0.25, 0.3) is 0 Å². The number of esters is 1. The maximum absolute atomic E-state index is 11.5. The molecule has 1 unspecified atom stereocenters. The largest absolute Gasteiger partial charge is 0.426 e. The molecule has 0 saturated heterocycles. The SMILES string of the molecule is CCCCCCCCCCCCCCCCC1=CC(C)(O)OC1=O. The molecule has 0 amide bonds. The lowest BCUT2D eigenvalue weighted by Gasteiger charge is -2.11. The fourth-order valence-electron chi connectivity index (χ4n) is 3.35. The van der Waals surface area contributed by atoms with Crippen molar-refractivity contribution in [2.75, 3.05) is 0 Å². The Hall–Kier alpha value is -0.830. The first kappa shape index (κ1) is 21.2. The molecule has 0 aliphatic carbocycles. The molecule has 0 aromatic heterocycles. The predicted molar refractivity (Wildman–Crippen MR) is 99.7 cm³/mol. The zero-order chi connectivity index (χ0) is 17.7. The monoisotopic (exact) mass is 338 g/mol. The van der Waals surface area contributed by atoms with Gasteiger partial charge in [-0.25, -0.2) is 4.79 Å². The summed E-state index contributed by atoms with van der Waals surface area (Å²) in [6.07, 6.45) is 20.9. The Morgan fingerprint density at radius 1 is 0.833 bits per heavy atom. The second-order valence-electron chi connectivity index (χ2n) is 7.46. The average molecular weight is 339 g/mol. The van der Waals surface area contributed by atoms with Crippen molar-refractivity contribution in [2.24, 2.45) is 0 Å². The van der Waals surface area contributed by atoms with Crippen LogP contribution in [-0.4, -0.2) is 16.9 Å². The summed E-state index contributed by atoms with van der Waals surface area (Å²) in [5, 5.41) is 9.63. The lowest BCUT2D eigenvalue weighted by Crippen LogP contribution is -2.22. The van der Waals surface area contributed by atoms with Crippen molar-refractivity contribution in [2.45, 2.75) is 116 Å². The van der Waals surface area contributed by atoms with Crippen LogP contribution in [-0.2, 0) is 9.53 Å². The summed E-state index contributed by atoms with van der Waals surface area (Å²) in [7, 11) is 0. The van der Waals surface area contributed by atoms with E-state index in [0.717, 1.165) is 19.3 Å². The molecule has 0 aromatic carbocycles. The Labute approximate surface area is 148 Å². The molecule has 3 nitrogen and oxygen atoms in total. The molecule has 1 aliphatic rings. The second kappa shape index (κ2) is 12.5. The highest BCUT2D eigenvalue weighted by Gasteiger charge is 2.32. The van der Waals surface area contributed by atoms with E-state index < -0.39 is 5.79 Å². The number of ether oxygens (including phenoxy) is 1. The van der Waals surface area contributed by atoms with E-state index in [9.17, 15) is 9.90 Å². The summed E-state index contributed by atoms with van der Waals surface area (Å²) in [6, 6.07) is 0. The smallest absolute Gasteiger partial charge is 0.336 e. The van der Waals surface area contributed by atoms with Gasteiger partial charge in [-0.3, -0.25) is 0 Å². The lowest BCUT2D eigenvalue weighted by atomic mass is 10.0. The molecule has 0 radical (unpaired) electrons. The maximum atomic E-state index is 11.5. The van der Waals surface area contributed by atoms with E-state index in [1.807, 2.05) is 0 Å². The number of hydrogen-bond acceptors (Lipinski definition) is 3. The molecule has 1 atom stereocenters. The van der Waals surface area contributed by atoms with Crippen molar-refractivity contribution < 1.29 is 14.6 Å². The van der Waals surface area contributed by atoms with E-state index in [1.54, 1.807) is 6.08 Å². The first-order chi connectivity index (χ1) is 11.5. The zero-order valence-corrected chi connectivity index (χ0v) is 15.9. The number of cyclic esters (lactones) is 1. The summed E-state index contributed by atoms with van der Waals surface area (Å²) in [6.45, 7) is 3.77. The summed E-state index contributed by atoms with van der Waals surface area (Å²) in [5.41, 5.74) is 0.638. The van der Waals surface area contributed by atoms with E-state index in [2.05, 4.69) is 6.92 Å². The molecular formula is C21H38O3. The van der Waals surface area contributed by atoms with Crippen molar-refractivity contribution in [1.29, 1.82) is 0 Å². The van der Waals surface area contributed by atoms with Crippen LogP contribution in [0.5, 0.6) is 0 Å². The van der Waals surface area contributed by atoms with E-state index in [0.29, 0.717) is 5.57 Å². The van der Waals surface area contributed by atoms with Gasteiger partial charge < -0.3 is 9.84 Å². The van der Waals surface area contributed by atoms with Gasteiger partial charge in [0.15, 0.2) is 0 Å². The standard InChI is InChI=1S/C21H38O3/c1-3-4-5-6-7-8-9-10-11-12-13-14-15-16-17-19-18-21(2,23)24-20(19)22/h18,23H,3-17H2,1-2H3. The second-order valence-corrected chi connectivity index (χ2v) is 7.46. The Morgan fingerprint density at radius 2 is 1.25 bits per heavy atom. The minimum Gasteiger partial charge on any atom is -0.426 e. The van der Waals surface area contributed by atoms with E-state index in [-0.39, 0.29) is 5.97 Å². The Balaban J connectivity index is 1.82. The third-order valence-corrected chi connectivity index (χ3v) is 4.80. The van der Waals surface area contributed by atoms with Crippen molar-refractivity contribution in [3.05, 3.63) is 11.6 Å². The third-order valence-electron chi connectivity index (χ3n) is 4.80. The van der Waals surface area contributed by atoms with Gasteiger partial charge in [0.05, 0.1) is 0 Å². The average Bonchev–Trinajstić information content (AvgIpc) is 2.80. The molecular weight excluding hydrogens is 300 g/mol. The molecule has 0 aromatic rings. The number of carbonyl (C=O) groups excluding carboxylic acids is 1. The number of unbranched alkanes of at least 4 members (excludes halogenated alkanes) is 13. The summed E-state index contributed by atoms with van der Waals surface area (Å²) < 4.78 is 4.85. The minimum absolute atomic E-state index is 0.352. The zero-order valence-electron chi connectivity index (χ0n) is 15.9. The van der Waals surface area contributed by atoms with Crippen LogP contribution in [0, 0.1) is 0 Å². The highest BCUT2D eigenvalue weighted by molar-refractivity contribution is 5.91. The molecule has 0 bridgehead atoms. The van der Waals surface area contributed by atoms with Gasteiger partial charge in [0.2, 0.25) is 5.79 Å². The van der Waals surface area contributed by atoms with Crippen LogP contribution < -0.4 is 0 Å². The maximum Gasteiger partial charge on any atom is 0.336 e. The number of hydrogen-bond donors (Lipinski definition) is 1. The van der Waals surface area contributed by atoms with Crippen LogP contribution in [0.4, 0.5) is 0 Å². The number of carbonyl (C=O) groups is 1. The molecule has 1 heterocycles. The molecule has 1 rings (SSSR count). The van der Waals surface area contributed by atoms with Crippen LogP contribution in [0.3, 0.4) is 0 Å². The fraction of sp³-hybridized carbons (Fsp3) is 0.857. The quantitative estimate of drug-likeness (QED) is 0.292. The van der Waals surface area contributed by atoms with Gasteiger partial charge in [-0.1, -0.05) is 90.4 Å². The van der Waals surface area contributed by atoms with Gasteiger partial charge in [-0.2, -0.15) is 0 Å². The Kier molecular flexibility index (Phi) is 11.1. The van der Waals surface area contributed by atoms with Crippen molar-refractivity contribution in [3.8, 4) is 0 Å². The van der Waals surface area contributed by atoms with Crippen LogP contribution in [0.15, 0.2) is 11.6 Å². The molecule has 24 heavy (non-hydrogen) atoms. The normalized spacial score (nSPS) is 20.3. The highest BCUT2D eigenvalue weighted by atomic mass is 16.7. The van der Waals surface area contributed by atoms with E-state index in [4.69, 9.17) is 4.74 Å². The topological polar surface area (TPSA) is 46.5 Å². The van der Waals surface area contributed by atoms with Crippen LogP contribution in [0.1, 0.15) is 110 Å². The minimum atomic E-state index is -1.39. The summed E-state index contributed by atoms with van der Waals surface area (Å²) in [5.74, 6) is -1.74. The number of aliphatic hydroxyl groups is 1. The summed E-state index contributed by atoms with van der Waals surface area (Å²) in [4.78, 5) is 11.5. The van der Waals surface area contributed by atoms with Gasteiger partial charge in [-0.15, -0.1) is 0 Å². The van der Waals surface area contributed by atoms with Gasteiger partial charge in [0.25, 0.3) is 0 Å². The summed E-state index contributed by atoms with van der Waals surface area (Å²) >= 11 is 0. The van der Waals surface area contributed by atoms with Gasteiger partial charge in [-0.05, 0) is 18.9 Å². The lowest BCUT2D eigenvalue weighted by molar-refractivity contribution is -0.172. The Bertz CT molecular complexity index is 371. The van der Waals surface area contributed by atoms with E-state index >= 15 is 0 Å². The molecule has 0 saturated carbocycles. The van der Waals surface area contributed by atoms with Gasteiger partial charge >= 0.3 is 5.97 Å². The van der Waals surface area contributed by atoms with Gasteiger partial charge in [0.1, 0.15) is 0 Å². The highest BCUT2D eigenvalue weighted by Crippen LogP contribution is 2.25. The van der Waals surface area contributed by atoms with Crippen molar-refractivity contribution in [3.63, 3.8) is 0 Å². The molecule has 140 valence electrons. The molecule has 1 aliphatic heterocycles.